The SMILES string of the molecule is C=CCN1C(=O)/C(=C/c2ccc(OC(=O)[C@@H]3[C@@H](C=C(Cl)Cl)C3(C)C)cc2)SC1=S. The van der Waals surface area contributed by atoms with Crippen LogP contribution in [-0.4, -0.2) is 27.6 Å². The van der Waals surface area contributed by atoms with Crippen molar-refractivity contribution in [2.24, 2.45) is 17.3 Å². The Labute approximate surface area is 189 Å². The molecule has 1 aromatic carbocycles. The molecule has 1 heterocycles. The molecule has 1 saturated heterocycles. The molecule has 1 aliphatic heterocycles. The van der Waals surface area contributed by atoms with Gasteiger partial charge in [-0.15, -0.1) is 6.58 Å². The molecule has 0 bridgehead atoms. The number of thiocarbonyl (C=S) groups is 1. The predicted octanol–water partition coefficient (Wildman–Crippen LogP) is 5.57. The topological polar surface area (TPSA) is 46.6 Å². The lowest BCUT2D eigenvalue weighted by Crippen LogP contribution is -2.27. The van der Waals surface area contributed by atoms with Gasteiger partial charge in [0.05, 0.1) is 10.8 Å². The third-order valence-electron chi connectivity index (χ3n) is 5.05. The number of esters is 1. The predicted molar refractivity (Wildman–Crippen MR) is 123 cm³/mol. The summed E-state index contributed by atoms with van der Waals surface area (Å²) in [5.41, 5.74) is 0.567. The molecule has 2 aliphatic rings. The van der Waals surface area contributed by atoms with Crippen LogP contribution < -0.4 is 4.74 Å². The van der Waals surface area contributed by atoms with Crippen LogP contribution in [0.15, 0.2) is 52.4 Å². The molecule has 1 amide bonds. The average Bonchev–Trinajstić information content (AvgIpc) is 3.07. The van der Waals surface area contributed by atoms with Crippen LogP contribution in [0.5, 0.6) is 5.75 Å². The monoisotopic (exact) mass is 467 g/mol. The van der Waals surface area contributed by atoms with Crippen LogP contribution >= 0.6 is 47.2 Å². The van der Waals surface area contributed by atoms with Gasteiger partial charge >= 0.3 is 5.97 Å². The Morgan fingerprint density at radius 3 is 2.59 bits per heavy atom. The van der Waals surface area contributed by atoms with Gasteiger partial charge in [0.25, 0.3) is 5.91 Å². The molecule has 4 nitrogen and oxygen atoms in total. The van der Waals surface area contributed by atoms with Gasteiger partial charge in [0.15, 0.2) is 0 Å². The van der Waals surface area contributed by atoms with Gasteiger partial charge in [-0.05, 0) is 41.2 Å². The fourth-order valence-electron chi connectivity index (χ4n) is 3.32. The molecule has 0 N–H and O–H groups in total. The molecule has 29 heavy (non-hydrogen) atoms. The van der Waals surface area contributed by atoms with Gasteiger partial charge in [-0.25, -0.2) is 0 Å². The minimum absolute atomic E-state index is 0.0447. The normalized spacial score (nSPS) is 23.9. The van der Waals surface area contributed by atoms with Crippen molar-refractivity contribution in [3.8, 4) is 5.75 Å². The fraction of sp³-hybridized carbons (Fsp3) is 0.286. The van der Waals surface area contributed by atoms with E-state index in [4.69, 9.17) is 40.2 Å². The van der Waals surface area contributed by atoms with Gasteiger partial charge in [-0.3, -0.25) is 14.5 Å². The maximum absolute atomic E-state index is 12.5. The molecule has 152 valence electrons. The van der Waals surface area contributed by atoms with Crippen LogP contribution in [0.3, 0.4) is 0 Å². The van der Waals surface area contributed by atoms with Crippen LogP contribution in [-0.2, 0) is 9.59 Å². The number of allylic oxidation sites excluding steroid dienone is 1. The Bertz CT molecular complexity index is 934. The lowest BCUT2D eigenvalue weighted by Gasteiger charge is -2.10. The number of carbonyl (C=O) groups excluding carboxylic acids is 2. The van der Waals surface area contributed by atoms with E-state index in [-0.39, 0.29) is 33.6 Å². The van der Waals surface area contributed by atoms with Crippen molar-refractivity contribution in [2.45, 2.75) is 13.8 Å². The Morgan fingerprint density at radius 1 is 1.34 bits per heavy atom. The van der Waals surface area contributed by atoms with Gasteiger partial charge in [-0.1, -0.05) is 79.2 Å². The first-order chi connectivity index (χ1) is 13.6. The molecule has 1 saturated carbocycles. The molecule has 0 spiro atoms. The van der Waals surface area contributed by atoms with E-state index in [0.717, 1.165) is 5.56 Å². The van der Waals surface area contributed by atoms with Gasteiger partial charge in [0.1, 0.15) is 14.6 Å². The van der Waals surface area contributed by atoms with Crippen molar-refractivity contribution >= 4 is 69.5 Å². The summed E-state index contributed by atoms with van der Waals surface area (Å²) < 4.78 is 6.18. The molecule has 1 aliphatic carbocycles. The van der Waals surface area contributed by atoms with E-state index in [0.29, 0.717) is 21.5 Å². The van der Waals surface area contributed by atoms with Crippen molar-refractivity contribution in [3.05, 3.63) is 58.0 Å². The van der Waals surface area contributed by atoms with E-state index < -0.39 is 0 Å². The lowest BCUT2D eigenvalue weighted by atomic mass is 10.1. The van der Waals surface area contributed by atoms with Gasteiger partial charge < -0.3 is 4.74 Å². The van der Waals surface area contributed by atoms with Crippen molar-refractivity contribution in [1.29, 1.82) is 0 Å². The molecule has 2 atom stereocenters. The Hall–Kier alpha value is -1.60. The molecule has 8 heteroatoms. The number of ether oxygens (including phenoxy) is 1. The van der Waals surface area contributed by atoms with Crippen LogP contribution in [0.4, 0.5) is 0 Å². The van der Waals surface area contributed by atoms with Crippen molar-refractivity contribution in [1.82, 2.24) is 4.90 Å². The van der Waals surface area contributed by atoms with Crippen LogP contribution in [0, 0.1) is 17.3 Å². The van der Waals surface area contributed by atoms with Gasteiger partial charge in [-0.2, -0.15) is 0 Å². The minimum atomic E-state index is -0.316. The zero-order valence-corrected chi connectivity index (χ0v) is 19.0. The quantitative estimate of drug-likeness (QED) is 0.180. The number of carbonyl (C=O) groups is 2. The second kappa shape index (κ2) is 8.64. The third-order valence-corrected chi connectivity index (χ3v) is 6.68. The van der Waals surface area contributed by atoms with Crippen LogP contribution in [0.1, 0.15) is 19.4 Å². The largest absolute Gasteiger partial charge is 0.426 e. The fourth-order valence-corrected chi connectivity index (χ4v) is 4.87. The second-order valence-corrected chi connectivity index (χ2v) is 10.0. The molecule has 3 rings (SSSR count). The summed E-state index contributed by atoms with van der Waals surface area (Å²) in [5.74, 6) is -0.348. The maximum Gasteiger partial charge on any atom is 0.315 e. The summed E-state index contributed by atoms with van der Waals surface area (Å²) in [6.07, 6.45) is 5.08. The minimum Gasteiger partial charge on any atom is -0.426 e. The number of halogens is 2. The van der Waals surface area contributed by atoms with E-state index in [1.807, 2.05) is 13.8 Å². The van der Waals surface area contributed by atoms with Crippen molar-refractivity contribution < 1.29 is 14.3 Å². The number of hydrogen-bond donors (Lipinski definition) is 0. The van der Waals surface area contributed by atoms with Crippen molar-refractivity contribution in [2.75, 3.05) is 6.54 Å². The summed E-state index contributed by atoms with van der Waals surface area (Å²) in [5, 5.41) is 0. The number of hydrogen-bond acceptors (Lipinski definition) is 5. The number of benzene rings is 1. The smallest absolute Gasteiger partial charge is 0.315 e. The first kappa shape index (κ1) is 22.1. The number of thioether (sulfide) groups is 1. The Morgan fingerprint density at radius 2 is 2.00 bits per heavy atom. The van der Waals surface area contributed by atoms with E-state index in [1.165, 1.54) is 16.7 Å². The molecule has 2 fully saturated rings. The van der Waals surface area contributed by atoms with Crippen LogP contribution in [0.25, 0.3) is 6.08 Å². The molecular formula is C21H19Cl2NO3S2. The second-order valence-electron chi connectivity index (χ2n) is 7.35. The lowest BCUT2D eigenvalue weighted by molar-refractivity contribution is -0.136. The molecule has 0 radical (unpaired) electrons. The van der Waals surface area contributed by atoms with Crippen molar-refractivity contribution in [3.63, 3.8) is 0 Å². The summed E-state index contributed by atoms with van der Waals surface area (Å²) in [6, 6.07) is 6.97. The number of rotatable bonds is 6. The number of nitrogens with zero attached hydrogens (tertiary/aromatic N) is 1. The Balaban J connectivity index is 1.66. The highest BCUT2D eigenvalue weighted by Gasteiger charge is 2.61. The highest BCUT2D eigenvalue weighted by molar-refractivity contribution is 8.26. The van der Waals surface area contributed by atoms with Gasteiger partial charge in [0, 0.05) is 6.54 Å². The Kier molecular flexibility index (Phi) is 6.58. The molecular weight excluding hydrogens is 449 g/mol. The van der Waals surface area contributed by atoms with E-state index >= 15 is 0 Å². The average molecular weight is 468 g/mol. The molecule has 0 aromatic heterocycles. The number of amides is 1. The third kappa shape index (κ3) is 4.77. The summed E-state index contributed by atoms with van der Waals surface area (Å²) in [6.45, 7) is 7.98. The van der Waals surface area contributed by atoms with E-state index in [2.05, 4.69) is 6.58 Å². The highest BCUT2D eigenvalue weighted by Crippen LogP contribution is 2.60. The maximum atomic E-state index is 12.5. The summed E-state index contributed by atoms with van der Waals surface area (Å²) in [7, 11) is 0. The molecule has 0 unspecified atom stereocenters. The van der Waals surface area contributed by atoms with Gasteiger partial charge in [0.2, 0.25) is 0 Å². The first-order valence-corrected chi connectivity index (χ1v) is 10.8. The highest BCUT2D eigenvalue weighted by atomic mass is 35.5. The zero-order valence-electron chi connectivity index (χ0n) is 15.9. The first-order valence-electron chi connectivity index (χ1n) is 8.86. The zero-order chi connectivity index (χ0) is 21.3. The molecule has 1 aromatic rings. The standard InChI is InChI=1S/C21H19Cl2NO3S2/c1-4-9-24-18(25)15(29-20(24)28)10-12-5-7-13(8-6-12)27-19(26)17-14(11-16(22)23)21(17,2)3/h4-8,10-11,14,17H,1,9H2,2-3H3/b15-10-/t14-,17+/m1/s1. The van der Waals surface area contributed by atoms with E-state index in [1.54, 1.807) is 42.5 Å². The summed E-state index contributed by atoms with van der Waals surface area (Å²) in [4.78, 5) is 26.9. The van der Waals surface area contributed by atoms with E-state index in [9.17, 15) is 9.59 Å². The summed E-state index contributed by atoms with van der Waals surface area (Å²) >= 11 is 17.9. The van der Waals surface area contributed by atoms with Crippen LogP contribution in [0.2, 0.25) is 0 Å².